The van der Waals surface area contributed by atoms with Gasteiger partial charge in [-0.25, -0.2) is 0 Å². The highest BCUT2D eigenvalue weighted by molar-refractivity contribution is 7.16. The van der Waals surface area contributed by atoms with Gasteiger partial charge in [-0.15, -0.1) is 9.24 Å². The lowest BCUT2D eigenvalue weighted by molar-refractivity contribution is 0.939. The molecule has 0 N–H and O–H groups in total. The third-order valence-electron chi connectivity index (χ3n) is 1.26. The zero-order valence-electron chi connectivity index (χ0n) is 8.34. The molecule has 0 aliphatic rings. The van der Waals surface area contributed by atoms with Gasteiger partial charge in [-0.2, -0.15) is 0 Å². The monoisotopic (exact) mass is 184 g/mol. The minimum atomic E-state index is 1.11. The lowest BCUT2D eigenvalue weighted by atomic mass is 10.1. The Morgan fingerprint density at radius 2 is 1.92 bits per heavy atom. The average molecular weight is 184 g/mol. The molecule has 12 heavy (non-hydrogen) atoms. The summed E-state index contributed by atoms with van der Waals surface area (Å²) >= 11 is 0. The number of hydrogen-bond acceptors (Lipinski definition) is 0. The molecule has 0 heterocycles. The van der Waals surface area contributed by atoms with Crippen LogP contribution in [-0.4, -0.2) is 6.16 Å². The molecule has 0 aliphatic carbocycles. The van der Waals surface area contributed by atoms with E-state index in [-0.39, 0.29) is 0 Å². The maximum atomic E-state index is 3.71. The maximum absolute atomic E-state index is 3.71. The van der Waals surface area contributed by atoms with Crippen molar-refractivity contribution in [3.63, 3.8) is 0 Å². The fraction of sp³-hybridized carbons (Fsp3) is 0.455. The highest BCUT2D eigenvalue weighted by atomic mass is 31.0. The van der Waals surface area contributed by atoms with Crippen molar-refractivity contribution in [3.8, 4) is 0 Å². The molecule has 0 saturated heterocycles. The van der Waals surface area contributed by atoms with Crippen LogP contribution in [0.2, 0.25) is 0 Å². The first-order valence-corrected chi connectivity index (χ1v) is 5.31. The summed E-state index contributed by atoms with van der Waals surface area (Å²) in [5, 5.41) is 0. The van der Waals surface area contributed by atoms with Gasteiger partial charge >= 0.3 is 0 Å². The summed E-state index contributed by atoms with van der Waals surface area (Å²) in [5.41, 5.74) is 1.28. The fourth-order valence-corrected chi connectivity index (χ4v) is 0.915. The van der Waals surface area contributed by atoms with E-state index in [4.69, 9.17) is 0 Å². The zero-order chi connectivity index (χ0) is 9.82. The van der Waals surface area contributed by atoms with Crippen LogP contribution in [0.4, 0.5) is 0 Å². The molecule has 0 amide bonds. The number of hydrogen-bond donors (Lipinski definition) is 0. The molecule has 0 radical (unpaired) electrons. The lowest BCUT2D eigenvalue weighted by Crippen LogP contribution is -1.79. The Morgan fingerprint density at radius 1 is 1.33 bits per heavy atom. The van der Waals surface area contributed by atoms with Gasteiger partial charge in [0.15, 0.2) is 0 Å². The zero-order valence-corrected chi connectivity index (χ0v) is 9.50. The minimum absolute atomic E-state index is 1.11. The van der Waals surface area contributed by atoms with E-state index in [1.807, 2.05) is 26.0 Å². The molecule has 1 atom stereocenters. The highest BCUT2D eigenvalue weighted by Crippen LogP contribution is 2.07. The van der Waals surface area contributed by atoms with E-state index in [0.29, 0.717) is 0 Å². The van der Waals surface area contributed by atoms with E-state index in [0.717, 1.165) is 12.6 Å². The smallest absolute Gasteiger partial charge is 0.0276 e. The summed E-state index contributed by atoms with van der Waals surface area (Å²) in [6.07, 6.45) is 9.17. The standard InChI is InChI=1S/C9H15P.C2H6/c1-3-6-9(4-2)7-5-8-10;1-2/h3-4,6H,1-2,5,7-8,10H2;1-2H3/b9-6+;. The molecule has 0 aromatic carbocycles. The van der Waals surface area contributed by atoms with Gasteiger partial charge in [0.1, 0.15) is 0 Å². The Labute approximate surface area is 79.7 Å². The van der Waals surface area contributed by atoms with Gasteiger partial charge in [-0.05, 0) is 24.6 Å². The van der Waals surface area contributed by atoms with Crippen LogP contribution in [0.15, 0.2) is 37.0 Å². The molecule has 0 nitrogen and oxygen atoms in total. The molecule has 0 spiro atoms. The van der Waals surface area contributed by atoms with Crippen LogP contribution in [0.5, 0.6) is 0 Å². The van der Waals surface area contributed by atoms with Gasteiger partial charge in [0.05, 0.1) is 0 Å². The summed E-state index contributed by atoms with van der Waals surface area (Å²) in [6, 6.07) is 0. The Kier molecular flexibility index (Phi) is 15.7. The van der Waals surface area contributed by atoms with Crippen molar-refractivity contribution in [1.82, 2.24) is 0 Å². The van der Waals surface area contributed by atoms with E-state index >= 15 is 0 Å². The normalized spacial score (nSPS) is 9.75. The number of allylic oxidation sites excluding steroid dienone is 4. The lowest BCUT2D eigenvalue weighted by Gasteiger charge is -1.96. The summed E-state index contributed by atoms with van der Waals surface area (Å²) < 4.78 is 0. The molecule has 1 heteroatoms. The van der Waals surface area contributed by atoms with Gasteiger partial charge in [-0.1, -0.05) is 45.2 Å². The summed E-state index contributed by atoms with van der Waals surface area (Å²) in [4.78, 5) is 0. The van der Waals surface area contributed by atoms with Crippen LogP contribution >= 0.6 is 9.24 Å². The molecule has 1 unspecified atom stereocenters. The predicted octanol–water partition coefficient (Wildman–Crippen LogP) is 3.97. The Hall–Kier alpha value is -0.350. The van der Waals surface area contributed by atoms with Crippen LogP contribution in [0.1, 0.15) is 26.7 Å². The molecule has 0 saturated carbocycles. The van der Waals surface area contributed by atoms with Crippen LogP contribution in [-0.2, 0) is 0 Å². The molecule has 0 fully saturated rings. The minimum Gasteiger partial charge on any atom is -0.138 e. The van der Waals surface area contributed by atoms with Crippen molar-refractivity contribution < 1.29 is 0 Å². The van der Waals surface area contributed by atoms with E-state index in [9.17, 15) is 0 Å². The van der Waals surface area contributed by atoms with E-state index < -0.39 is 0 Å². The summed E-state index contributed by atoms with van der Waals surface area (Å²) in [7, 11) is 2.71. The Morgan fingerprint density at radius 3 is 2.25 bits per heavy atom. The second kappa shape index (κ2) is 13.3. The quantitative estimate of drug-likeness (QED) is 0.448. The first kappa shape index (κ1) is 14.2. The fourth-order valence-electron chi connectivity index (χ4n) is 0.711. The topological polar surface area (TPSA) is 0 Å². The maximum Gasteiger partial charge on any atom is -0.0276 e. The van der Waals surface area contributed by atoms with E-state index in [2.05, 4.69) is 22.4 Å². The van der Waals surface area contributed by atoms with Gasteiger partial charge in [0, 0.05) is 0 Å². The Balaban J connectivity index is 0. The molecule has 0 aromatic rings. The first-order valence-electron chi connectivity index (χ1n) is 4.49. The van der Waals surface area contributed by atoms with Crippen LogP contribution < -0.4 is 0 Å². The van der Waals surface area contributed by atoms with Crippen molar-refractivity contribution in [1.29, 1.82) is 0 Å². The van der Waals surface area contributed by atoms with Crippen LogP contribution in [0.3, 0.4) is 0 Å². The summed E-state index contributed by atoms with van der Waals surface area (Å²) in [5.74, 6) is 0. The average Bonchev–Trinajstić information content (AvgIpc) is 2.15. The van der Waals surface area contributed by atoms with Crippen molar-refractivity contribution in [2.24, 2.45) is 0 Å². The van der Waals surface area contributed by atoms with Crippen LogP contribution in [0.25, 0.3) is 0 Å². The van der Waals surface area contributed by atoms with E-state index in [1.165, 1.54) is 12.0 Å². The van der Waals surface area contributed by atoms with Crippen molar-refractivity contribution in [2.75, 3.05) is 6.16 Å². The van der Waals surface area contributed by atoms with Crippen molar-refractivity contribution >= 4 is 9.24 Å². The van der Waals surface area contributed by atoms with Crippen LogP contribution in [0, 0.1) is 0 Å². The predicted molar refractivity (Wildman–Crippen MR) is 63.6 cm³/mol. The third kappa shape index (κ3) is 9.65. The SMILES string of the molecule is C=C/C=C(\C=C)CCCP.CC. The van der Waals surface area contributed by atoms with Gasteiger partial charge in [0.25, 0.3) is 0 Å². The molecule has 0 bridgehead atoms. The third-order valence-corrected chi connectivity index (χ3v) is 1.67. The molecule has 70 valence electrons. The van der Waals surface area contributed by atoms with Gasteiger partial charge in [-0.3, -0.25) is 0 Å². The first-order chi connectivity index (χ1) is 5.85. The summed E-state index contributed by atoms with van der Waals surface area (Å²) in [6.45, 7) is 11.3. The largest absolute Gasteiger partial charge is 0.138 e. The van der Waals surface area contributed by atoms with Crippen molar-refractivity contribution in [2.45, 2.75) is 26.7 Å². The van der Waals surface area contributed by atoms with E-state index in [1.54, 1.807) is 6.08 Å². The highest BCUT2D eigenvalue weighted by Gasteiger charge is 1.87. The second-order valence-electron chi connectivity index (χ2n) is 2.07. The molecular formula is C11H21P. The Bertz CT molecular complexity index is 134. The van der Waals surface area contributed by atoms with Gasteiger partial charge in [0.2, 0.25) is 0 Å². The van der Waals surface area contributed by atoms with Crippen molar-refractivity contribution in [3.05, 3.63) is 37.0 Å². The number of rotatable bonds is 5. The molecule has 0 rings (SSSR count). The molecule has 0 aromatic heterocycles. The van der Waals surface area contributed by atoms with Gasteiger partial charge < -0.3 is 0 Å². The molecular weight excluding hydrogens is 163 g/mol. The second-order valence-corrected chi connectivity index (χ2v) is 2.65. The molecule has 0 aliphatic heterocycles.